The summed E-state index contributed by atoms with van der Waals surface area (Å²) in [6.45, 7) is 0. The van der Waals surface area contributed by atoms with Crippen molar-refractivity contribution < 1.29 is 0 Å². The second kappa shape index (κ2) is 3.66. The van der Waals surface area contributed by atoms with Crippen molar-refractivity contribution in [3.63, 3.8) is 0 Å². The number of rotatable bonds is 2. The van der Waals surface area contributed by atoms with E-state index in [4.69, 9.17) is 12.2 Å². The molecule has 1 saturated carbocycles. The van der Waals surface area contributed by atoms with Crippen molar-refractivity contribution in [2.75, 3.05) is 5.32 Å². The zero-order valence-electron chi connectivity index (χ0n) is 7.03. The zero-order valence-corrected chi connectivity index (χ0v) is 7.84. The lowest BCUT2D eigenvalue weighted by atomic mass is 10.5. The van der Waals surface area contributed by atoms with Crippen molar-refractivity contribution in [3.05, 3.63) is 18.7 Å². The predicted octanol–water partition coefficient (Wildman–Crippen LogP) is 0.925. The summed E-state index contributed by atoms with van der Waals surface area (Å²) in [7, 11) is 0. The molecule has 1 heterocycles. The highest BCUT2D eigenvalue weighted by Gasteiger charge is 2.21. The van der Waals surface area contributed by atoms with E-state index in [9.17, 15) is 0 Å². The summed E-state index contributed by atoms with van der Waals surface area (Å²) in [5.41, 5.74) is 0.820. The van der Waals surface area contributed by atoms with E-state index < -0.39 is 0 Å². The maximum Gasteiger partial charge on any atom is 0.171 e. The van der Waals surface area contributed by atoms with Crippen LogP contribution in [0.3, 0.4) is 0 Å². The maximum atomic E-state index is 5.07. The van der Waals surface area contributed by atoms with Crippen LogP contribution in [0, 0.1) is 0 Å². The molecule has 2 N–H and O–H groups in total. The Morgan fingerprint density at radius 3 is 2.69 bits per heavy atom. The standard InChI is InChI=1S/C8H10N4S/c13-8(11-6-1-2-6)12-7-3-9-5-10-4-7/h3-6H,1-2H2,(H2,11,12,13). The van der Waals surface area contributed by atoms with Gasteiger partial charge in [0.25, 0.3) is 0 Å². The number of thiocarbonyl (C=S) groups is 1. The summed E-state index contributed by atoms with van der Waals surface area (Å²) in [4.78, 5) is 7.74. The normalized spacial score (nSPS) is 15.1. The number of anilines is 1. The quantitative estimate of drug-likeness (QED) is 0.686. The molecule has 0 unspecified atom stereocenters. The Balaban J connectivity index is 1.86. The SMILES string of the molecule is S=C(Nc1cncnc1)NC1CC1. The lowest BCUT2D eigenvalue weighted by molar-refractivity contribution is 0.918. The topological polar surface area (TPSA) is 49.8 Å². The van der Waals surface area contributed by atoms with Crippen molar-refractivity contribution in [3.8, 4) is 0 Å². The number of hydrogen-bond donors (Lipinski definition) is 2. The average molecular weight is 194 g/mol. The number of nitrogens with one attached hydrogen (secondary N) is 2. The fourth-order valence-electron chi connectivity index (χ4n) is 0.944. The largest absolute Gasteiger partial charge is 0.360 e. The van der Waals surface area contributed by atoms with Gasteiger partial charge in [0.2, 0.25) is 0 Å². The highest BCUT2D eigenvalue weighted by Crippen LogP contribution is 2.18. The van der Waals surface area contributed by atoms with Gasteiger partial charge in [-0.1, -0.05) is 0 Å². The minimum absolute atomic E-state index is 0.574. The van der Waals surface area contributed by atoms with Crippen LogP contribution in [0.15, 0.2) is 18.7 Å². The van der Waals surface area contributed by atoms with E-state index >= 15 is 0 Å². The van der Waals surface area contributed by atoms with Gasteiger partial charge in [0.1, 0.15) is 6.33 Å². The summed E-state index contributed by atoms with van der Waals surface area (Å²) < 4.78 is 0. The van der Waals surface area contributed by atoms with Crippen molar-refractivity contribution in [2.24, 2.45) is 0 Å². The van der Waals surface area contributed by atoms with Crippen molar-refractivity contribution >= 4 is 23.0 Å². The van der Waals surface area contributed by atoms with E-state index in [1.807, 2.05) is 0 Å². The lowest BCUT2D eigenvalue weighted by Gasteiger charge is -2.07. The van der Waals surface area contributed by atoms with E-state index in [2.05, 4.69) is 20.6 Å². The predicted molar refractivity (Wildman–Crippen MR) is 54.4 cm³/mol. The maximum absolute atomic E-state index is 5.07. The fourth-order valence-corrected chi connectivity index (χ4v) is 1.23. The molecule has 0 bridgehead atoms. The molecule has 68 valence electrons. The molecule has 0 amide bonds. The molecule has 0 aliphatic heterocycles. The van der Waals surface area contributed by atoms with Crippen LogP contribution in [0.2, 0.25) is 0 Å². The lowest BCUT2D eigenvalue weighted by Crippen LogP contribution is -2.30. The van der Waals surface area contributed by atoms with E-state index in [-0.39, 0.29) is 0 Å². The molecule has 0 aromatic carbocycles. The molecule has 0 saturated heterocycles. The van der Waals surface area contributed by atoms with E-state index in [1.54, 1.807) is 12.4 Å². The van der Waals surface area contributed by atoms with Gasteiger partial charge < -0.3 is 10.6 Å². The van der Waals surface area contributed by atoms with Crippen molar-refractivity contribution in [1.29, 1.82) is 0 Å². The molecule has 1 aromatic rings. The smallest absolute Gasteiger partial charge is 0.171 e. The van der Waals surface area contributed by atoms with Gasteiger partial charge in [0, 0.05) is 6.04 Å². The van der Waals surface area contributed by atoms with Gasteiger partial charge in [0.05, 0.1) is 18.1 Å². The molecule has 1 fully saturated rings. The Labute approximate surface area is 81.8 Å². The third-order valence-corrected chi connectivity index (χ3v) is 1.95. The highest BCUT2D eigenvalue weighted by molar-refractivity contribution is 7.80. The molecule has 0 spiro atoms. The number of nitrogens with zero attached hydrogens (tertiary/aromatic N) is 2. The van der Waals surface area contributed by atoms with Crippen molar-refractivity contribution in [1.82, 2.24) is 15.3 Å². The molecular weight excluding hydrogens is 184 g/mol. The Morgan fingerprint density at radius 1 is 1.38 bits per heavy atom. The first-order valence-electron chi connectivity index (χ1n) is 4.17. The molecule has 1 aliphatic carbocycles. The third-order valence-electron chi connectivity index (χ3n) is 1.73. The van der Waals surface area contributed by atoms with Crippen LogP contribution in [-0.4, -0.2) is 21.1 Å². The minimum Gasteiger partial charge on any atom is -0.360 e. The highest BCUT2D eigenvalue weighted by atomic mass is 32.1. The second-order valence-corrected chi connectivity index (χ2v) is 3.41. The number of hydrogen-bond acceptors (Lipinski definition) is 3. The molecule has 13 heavy (non-hydrogen) atoms. The van der Waals surface area contributed by atoms with Gasteiger partial charge in [-0.15, -0.1) is 0 Å². The third kappa shape index (κ3) is 2.62. The summed E-state index contributed by atoms with van der Waals surface area (Å²) in [6, 6.07) is 0.574. The van der Waals surface area contributed by atoms with Crippen LogP contribution in [0.25, 0.3) is 0 Å². The molecule has 0 radical (unpaired) electrons. The Bertz CT molecular complexity index is 296. The summed E-state index contributed by atoms with van der Waals surface area (Å²) in [5.74, 6) is 0. The molecule has 0 atom stereocenters. The van der Waals surface area contributed by atoms with E-state index in [0.717, 1.165) is 5.69 Å². The number of aromatic nitrogens is 2. The van der Waals surface area contributed by atoms with Crippen LogP contribution >= 0.6 is 12.2 Å². The summed E-state index contributed by atoms with van der Waals surface area (Å²) in [5, 5.41) is 6.83. The van der Waals surface area contributed by atoms with Crippen LogP contribution < -0.4 is 10.6 Å². The fraction of sp³-hybridized carbons (Fsp3) is 0.375. The average Bonchev–Trinajstić information content (AvgIpc) is 2.90. The van der Waals surface area contributed by atoms with E-state index in [0.29, 0.717) is 11.2 Å². The van der Waals surface area contributed by atoms with Gasteiger partial charge in [-0.25, -0.2) is 9.97 Å². The van der Waals surface area contributed by atoms with E-state index in [1.165, 1.54) is 19.2 Å². The molecule has 4 nitrogen and oxygen atoms in total. The Morgan fingerprint density at radius 2 is 2.08 bits per heavy atom. The molecular formula is C8H10N4S. The first kappa shape index (κ1) is 8.37. The van der Waals surface area contributed by atoms with Crippen molar-refractivity contribution in [2.45, 2.75) is 18.9 Å². The second-order valence-electron chi connectivity index (χ2n) is 3.00. The van der Waals surface area contributed by atoms with Gasteiger partial charge in [-0.05, 0) is 25.1 Å². The van der Waals surface area contributed by atoms with Gasteiger partial charge in [0.15, 0.2) is 5.11 Å². The first-order valence-corrected chi connectivity index (χ1v) is 4.58. The monoisotopic (exact) mass is 194 g/mol. The molecule has 1 aromatic heterocycles. The summed E-state index contributed by atoms with van der Waals surface area (Å²) in [6.07, 6.45) is 7.30. The van der Waals surface area contributed by atoms with Crippen LogP contribution in [0.1, 0.15) is 12.8 Å². The first-order chi connectivity index (χ1) is 6.34. The molecule has 5 heteroatoms. The zero-order chi connectivity index (χ0) is 9.10. The minimum atomic E-state index is 0.574. The van der Waals surface area contributed by atoms with Gasteiger partial charge in [-0.2, -0.15) is 0 Å². The van der Waals surface area contributed by atoms with Gasteiger partial charge in [-0.3, -0.25) is 0 Å². The Kier molecular flexibility index (Phi) is 2.35. The summed E-state index contributed by atoms with van der Waals surface area (Å²) >= 11 is 5.07. The molecule has 2 rings (SSSR count). The van der Waals surface area contributed by atoms with Crippen LogP contribution in [0.4, 0.5) is 5.69 Å². The van der Waals surface area contributed by atoms with Crippen LogP contribution in [-0.2, 0) is 0 Å². The Hall–Kier alpha value is -1.23. The molecule has 1 aliphatic rings. The van der Waals surface area contributed by atoms with Crippen LogP contribution in [0.5, 0.6) is 0 Å². The van der Waals surface area contributed by atoms with Gasteiger partial charge >= 0.3 is 0 Å².